The molecule has 5 nitrogen and oxygen atoms in total. The van der Waals surface area contributed by atoms with E-state index in [-0.39, 0.29) is 0 Å². The number of aromatic nitrogens is 4. The highest BCUT2D eigenvalue weighted by Gasteiger charge is 2.17. The van der Waals surface area contributed by atoms with Gasteiger partial charge in [0.1, 0.15) is 0 Å². The molecule has 0 spiro atoms. The fourth-order valence-corrected chi connectivity index (χ4v) is 5.33. The van der Waals surface area contributed by atoms with Gasteiger partial charge in [-0.1, -0.05) is 85.5 Å². The number of rotatable bonds is 6. The summed E-state index contributed by atoms with van der Waals surface area (Å²) in [6.45, 7) is 3.68. The molecule has 190 valence electrons. The van der Waals surface area contributed by atoms with Gasteiger partial charge in [0.2, 0.25) is 5.95 Å². The van der Waals surface area contributed by atoms with E-state index in [4.69, 9.17) is 9.97 Å². The second-order valence-electron chi connectivity index (χ2n) is 9.46. The lowest BCUT2D eigenvalue weighted by Gasteiger charge is -2.10. The van der Waals surface area contributed by atoms with Crippen LogP contribution < -0.4 is 0 Å². The van der Waals surface area contributed by atoms with Gasteiger partial charge in [-0.15, -0.1) is 0 Å². The molecule has 0 N–H and O–H groups in total. The van der Waals surface area contributed by atoms with Crippen molar-refractivity contribution >= 4 is 45.0 Å². The summed E-state index contributed by atoms with van der Waals surface area (Å²) in [7, 11) is 0. The smallest absolute Gasteiger partial charge is 0.235 e. The van der Waals surface area contributed by atoms with Gasteiger partial charge in [-0.2, -0.15) is 0 Å². The summed E-state index contributed by atoms with van der Waals surface area (Å²) in [4.78, 5) is 14.1. The molecule has 3 heterocycles. The number of fused-ring (bicyclic) bond motifs is 5. The van der Waals surface area contributed by atoms with Gasteiger partial charge in [0.15, 0.2) is 0 Å². The van der Waals surface area contributed by atoms with Crippen molar-refractivity contribution in [1.29, 1.82) is 0 Å². The highest BCUT2D eigenvalue weighted by Crippen LogP contribution is 2.37. The van der Waals surface area contributed by atoms with Crippen molar-refractivity contribution in [2.24, 2.45) is 4.99 Å². The molecule has 0 aliphatic heterocycles. The molecular weight excluding hydrogens is 490 g/mol. The van der Waals surface area contributed by atoms with Crippen LogP contribution in [0.4, 0.5) is 0 Å². The molecule has 0 bridgehead atoms. The van der Waals surface area contributed by atoms with Gasteiger partial charge < -0.3 is 4.57 Å². The van der Waals surface area contributed by atoms with Crippen molar-refractivity contribution in [3.8, 4) is 22.9 Å². The van der Waals surface area contributed by atoms with Gasteiger partial charge in [0.05, 0.1) is 27.9 Å². The Hall–Kier alpha value is -5.55. The normalized spacial score (nSPS) is 11.9. The number of benzene rings is 4. The molecule has 5 heteroatoms. The standard InChI is InChI=1S/C35H25N5/c1-2-21-36-22-19-26-24-31(25-11-5-3-6-12-25)38-35(37-26)39-23-20-30-32(39)18-17-29-28-15-9-10-16-33(28)40(34(29)30)27-13-7-4-8-14-27/h2-24H,1H2. The van der Waals surface area contributed by atoms with Crippen molar-refractivity contribution in [1.82, 2.24) is 19.1 Å². The van der Waals surface area contributed by atoms with E-state index in [9.17, 15) is 0 Å². The fourth-order valence-electron chi connectivity index (χ4n) is 5.33. The summed E-state index contributed by atoms with van der Waals surface area (Å²) >= 11 is 0. The molecule has 0 aliphatic rings. The van der Waals surface area contributed by atoms with Crippen LogP contribution in [-0.4, -0.2) is 25.3 Å². The van der Waals surface area contributed by atoms with Crippen LogP contribution in [0.5, 0.6) is 0 Å². The van der Waals surface area contributed by atoms with Crippen molar-refractivity contribution in [2.75, 3.05) is 0 Å². The molecule has 0 saturated carbocycles. The van der Waals surface area contributed by atoms with Crippen LogP contribution in [0.15, 0.2) is 139 Å². The zero-order valence-corrected chi connectivity index (χ0v) is 21.7. The number of hydrogen-bond donors (Lipinski definition) is 0. The molecule has 0 atom stereocenters. The van der Waals surface area contributed by atoms with E-state index < -0.39 is 0 Å². The maximum atomic E-state index is 5.00. The molecule has 0 aliphatic carbocycles. The number of para-hydroxylation sites is 2. The molecule has 0 unspecified atom stereocenters. The first-order valence-corrected chi connectivity index (χ1v) is 13.2. The zero-order chi connectivity index (χ0) is 26.9. The van der Waals surface area contributed by atoms with Crippen molar-refractivity contribution in [3.05, 3.63) is 140 Å². The highest BCUT2D eigenvalue weighted by molar-refractivity contribution is 6.18. The number of allylic oxidation sites excluding steroid dienone is 1. The van der Waals surface area contributed by atoms with Crippen LogP contribution in [0.25, 0.3) is 61.7 Å². The van der Waals surface area contributed by atoms with Gasteiger partial charge in [0, 0.05) is 46.0 Å². The largest absolute Gasteiger partial charge is 0.309 e. The molecule has 40 heavy (non-hydrogen) atoms. The first-order valence-electron chi connectivity index (χ1n) is 13.2. The van der Waals surface area contributed by atoms with Gasteiger partial charge in [-0.05, 0) is 42.5 Å². The molecule has 0 fully saturated rings. The number of aliphatic imine (C=N–C) groups is 1. The van der Waals surface area contributed by atoms with Crippen LogP contribution in [-0.2, 0) is 0 Å². The van der Waals surface area contributed by atoms with E-state index in [1.807, 2.05) is 30.3 Å². The van der Waals surface area contributed by atoms with Gasteiger partial charge in [-0.25, -0.2) is 9.97 Å². The third-order valence-electron chi connectivity index (χ3n) is 7.06. The average Bonchev–Trinajstić information content (AvgIpc) is 3.60. The Kier molecular flexibility index (Phi) is 5.87. The second-order valence-corrected chi connectivity index (χ2v) is 9.46. The minimum Gasteiger partial charge on any atom is -0.309 e. The Labute approximate surface area is 231 Å². The fraction of sp³-hybridized carbons (Fsp3) is 0. The van der Waals surface area contributed by atoms with E-state index in [0.29, 0.717) is 5.95 Å². The highest BCUT2D eigenvalue weighted by atomic mass is 15.2. The average molecular weight is 516 g/mol. The summed E-state index contributed by atoms with van der Waals surface area (Å²) in [6, 6.07) is 37.8. The Balaban J connectivity index is 1.48. The summed E-state index contributed by atoms with van der Waals surface area (Å²) in [5.41, 5.74) is 7.16. The minimum absolute atomic E-state index is 0.602. The maximum absolute atomic E-state index is 5.00. The molecule has 7 aromatic rings. The minimum atomic E-state index is 0.602. The first-order chi connectivity index (χ1) is 19.8. The Morgan fingerprint density at radius 1 is 0.700 bits per heavy atom. The van der Waals surface area contributed by atoms with Crippen LogP contribution in [0.1, 0.15) is 5.69 Å². The molecule has 0 amide bonds. The first kappa shape index (κ1) is 23.6. The van der Waals surface area contributed by atoms with Crippen molar-refractivity contribution < 1.29 is 0 Å². The molecule has 7 rings (SSSR count). The third-order valence-corrected chi connectivity index (χ3v) is 7.06. The lowest BCUT2D eigenvalue weighted by Crippen LogP contribution is -2.03. The topological polar surface area (TPSA) is 48.0 Å². The monoisotopic (exact) mass is 515 g/mol. The van der Waals surface area contributed by atoms with E-state index in [2.05, 4.69) is 112 Å². The molecule has 0 saturated heterocycles. The van der Waals surface area contributed by atoms with E-state index >= 15 is 0 Å². The van der Waals surface area contributed by atoms with Gasteiger partial charge in [-0.3, -0.25) is 9.56 Å². The predicted molar refractivity (Wildman–Crippen MR) is 166 cm³/mol. The lowest BCUT2D eigenvalue weighted by atomic mass is 10.1. The third kappa shape index (κ3) is 4.01. The molecule has 4 aromatic carbocycles. The quantitative estimate of drug-likeness (QED) is 0.209. The molecule has 3 aromatic heterocycles. The van der Waals surface area contributed by atoms with E-state index in [0.717, 1.165) is 33.5 Å². The molecular formula is C35H25N5. The SMILES string of the molecule is C=CC=NC=Cc1cc(-c2ccccc2)nc(-n2ccc3c2ccc2c4ccccc4n(-c4ccccc4)c23)n1. The Morgan fingerprint density at radius 3 is 2.30 bits per heavy atom. The Morgan fingerprint density at radius 2 is 1.48 bits per heavy atom. The zero-order valence-electron chi connectivity index (χ0n) is 21.7. The van der Waals surface area contributed by atoms with Gasteiger partial charge >= 0.3 is 0 Å². The Bertz CT molecular complexity index is 2060. The number of nitrogens with zero attached hydrogens (tertiary/aromatic N) is 5. The van der Waals surface area contributed by atoms with Gasteiger partial charge in [0.25, 0.3) is 0 Å². The van der Waals surface area contributed by atoms with Crippen LogP contribution >= 0.6 is 0 Å². The maximum Gasteiger partial charge on any atom is 0.235 e. The van der Waals surface area contributed by atoms with E-state index in [1.54, 1.807) is 18.5 Å². The summed E-state index contributed by atoms with van der Waals surface area (Å²) in [6.07, 6.45) is 8.96. The summed E-state index contributed by atoms with van der Waals surface area (Å²) in [5, 5.41) is 3.58. The van der Waals surface area contributed by atoms with Crippen molar-refractivity contribution in [2.45, 2.75) is 0 Å². The summed E-state index contributed by atoms with van der Waals surface area (Å²) in [5.74, 6) is 0.602. The second kappa shape index (κ2) is 9.97. The predicted octanol–water partition coefficient (Wildman–Crippen LogP) is 8.41. The summed E-state index contributed by atoms with van der Waals surface area (Å²) < 4.78 is 4.42. The van der Waals surface area contributed by atoms with Crippen LogP contribution in [0, 0.1) is 0 Å². The lowest BCUT2D eigenvalue weighted by molar-refractivity contribution is 0.960. The van der Waals surface area contributed by atoms with Crippen molar-refractivity contribution in [3.63, 3.8) is 0 Å². The number of hydrogen-bond acceptors (Lipinski definition) is 3. The van der Waals surface area contributed by atoms with Crippen LogP contribution in [0.3, 0.4) is 0 Å². The van der Waals surface area contributed by atoms with Crippen LogP contribution in [0.2, 0.25) is 0 Å². The molecule has 0 radical (unpaired) electrons. The van der Waals surface area contributed by atoms with E-state index in [1.165, 1.54) is 21.8 Å².